The molecule has 1 N–H and O–H groups in total. The first-order chi connectivity index (χ1) is 6.79. The van der Waals surface area contributed by atoms with Gasteiger partial charge in [0, 0.05) is 31.7 Å². The third kappa shape index (κ3) is 5.49. The summed E-state index contributed by atoms with van der Waals surface area (Å²) in [6.07, 6.45) is 0. The molecule has 1 saturated heterocycles. The van der Waals surface area contributed by atoms with Gasteiger partial charge in [-0.3, -0.25) is 0 Å². The first-order valence-electron chi connectivity index (χ1n) is 5.46. The van der Waals surface area contributed by atoms with Crippen LogP contribution in [0.15, 0.2) is 0 Å². The molecule has 1 fully saturated rings. The molecule has 0 aromatic rings. The molecule has 0 bridgehead atoms. The summed E-state index contributed by atoms with van der Waals surface area (Å²) in [7, 11) is -2.73. The minimum absolute atomic E-state index is 0.141. The van der Waals surface area contributed by atoms with Crippen molar-refractivity contribution in [2.45, 2.75) is 26.3 Å². The molecule has 0 aromatic heterocycles. The zero-order valence-corrected chi connectivity index (χ0v) is 10.7. The van der Waals surface area contributed by atoms with E-state index >= 15 is 0 Å². The Morgan fingerprint density at radius 2 is 1.73 bits per heavy atom. The largest absolute Gasteiger partial charge is 0.311 e. The first-order valence-corrected chi connectivity index (χ1v) is 7.28. The third-order valence-electron chi connectivity index (χ3n) is 2.52. The molecule has 0 spiro atoms. The van der Waals surface area contributed by atoms with Gasteiger partial charge >= 0.3 is 0 Å². The molecule has 1 heterocycles. The lowest BCUT2D eigenvalue weighted by atomic mass is 10.1. The van der Waals surface area contributed by atoms with Crippen LogP contribution in [0.1, 0.15) is 20.8 Å². The Balaban J connectivity index is 2.20. The SMILES string of the molecule is CC(C)(C)NCCN1CCS(=O)(=O)CC1. The van der Waals surface area contributed by atoms with Crippen LogP contribution in [0.3, 0.4) is 0 Å². The molecule has 1 aliphatic heterocycles. The number of hydrogen-bond acceptors (Lipinski definition) is 4. The maximum absolute atomic E-state index is 11.2. The minimum Gasteiger partial charge on any atom is -0.311 e. The highest BCUT2D eigenvalue weighted by atomic mass is 32.2. The van der Waals surface area contributed by atoms with Crippen molar-refractivity contribution in [3.05, 3.63) is 0 Å². The van der Waals surface area contributed by atoms with Crippen molar-refractivity contribution in [1.82, 2.24) is 10.2 Å². The van der Waals surface area contributed by atoms with Crippen LogP contribution in [0, 0.1) is 0 Å². The second kappa shape index (κ2) is 4.80. The lowest BCUT2D eigenvalue weighted by molar-refractivity contribution is 0.279. The number of sulfone groups is 1. The van der Waals surface area contributed by atoms with Gasteiger partial charge in [0.15, 0.2) is 9.84 Å². The highest BCUT2D eigenvalue weighted by Crippen LogP contribution is 2.03. The van der Waals surface area contributed by atoms with E-state index in [-0.39, 0.29) is 5.54 Å². The van der Waals surface area contributed by atoms with E-state index < -0.39 is 9.84 Å². The molecule has 0 aromatic carbocycles. The summed E-state index contributed by atoms with van der Waals surface area (Å²) in [6.45, 7) is 9.63. The van der Waals surface area contributed by atoms with Crippen molar-refractivity contribution in [3.8, 4) is 0 Å². The highest BCUT2D eigenvalue weighted by Gasteiger charge is 2.21. The van der Waals surface area contributed by atoms with Crippen LogP contribution in [0.25, 0.3) is 0 Å². The topological polar surface area (TPSA) is 49.4 Å². The van der Waals surface area contributed by atoms with E-state index in [1.54, 1.807) is 0 Å². The summed E-state index contributed by atoms with van der Waals surface area (Å²) >= 11 is 0. The van der Waals surface area contributed by atoms with Crippen LogP contribution in [0.4, 0.5) is 0 Å². The van der Waals surface area contributed by atoms with Gasteiger partial charge in [0.25, 0.3) is 0 Å². The van der Waals surface area contributed by atoms with Crippen molar-refractivity contribution in [2.24, 2.45) is 0 Å². The maximum Gasteiger partial charge on any atom is 0.152 e. The Morgan fingerprint density at radius 3 is 2.20 bits per heavy atom. The summed E-state index contributed by atoms with van der Waals surface area (Å²) in [6, 6.07) is 0. The monoisotopic (exact) mass is 234 g/mol. The normalized spacial score (nSPS) is 22.9. The molecule has 5 heteroatoms. The fourth-order valence-corrected chi connectivity index (χ4v) is 2.84. The van der Waals surface area contributed by atoms with Gasteiger partial charge in [0.05, 0.1) is 11.5 Å². The molecule has 4 nitrogen and oxygen atoms in total. The van der Waals surface area contributed by atoms with Crippen LogP contribution >= 0.6 is 0 Å². The summed E-state index contributed by atoms with van der Waals surface area (Å²) in [5, 5.41) is 3.40. The summed E-state index contributed by atoms with van der Waals surface area (Å²) in [5.74, 6) is 0.644. The van der Waals surface area contributed by atoms with Gasteiger partial charge in [-0.25, -0.2) is 8.42 Å². The van der Waals surface area contributed by atoms with Gasteiger partial charge < -0.3 is 10.2 Å². The zero-order valence-electron chi connectivity index (χ0n) is 9.91. The van der Waals surface area contributed by atoms with Gasteiger partial charge in [-0.05, 0) is 20.8 Å². The molecule has 1 aliphatic rings. The standard InChI is InChI=1S/C10H22N2O2S/c1-10(2,3)11-4-5-12-6-8-15(13,14)9-7-12/h11H,4-9H2,1-3H3. The number of rotatable bonds is 3. The van der Waals surface area contributed by atoms with E-state index in [2.05, 4.69) is 31.0 Å². The highest BCUT2D eigenvalue weighted by molar-refractivity contribution is 7.91. The molecule has 1 rings (SSSR count). The van der Waals surface area contributed by atoms with Gasteiger partial charge in [0.2, 0.25) is 0 Å². The number of nitrogens with zero attached hydrogens (tertiary/aromatic N) is 1. The lowest BCUT2D eigenvalue weighted by Crippen LogP contribution is -2.46. The summed E-state index contributed by atoms with van der Waals surface area (Å²) in [4.78, 5) is 2.21. The molecule has 0 unspecified atom stereocenters. The fraction of sp³-hybridized carbons (Fsp3) is 1.00. The quantitative estimate of drug-likeness (QED) is 0.753. The van der Waals surface area contributed by atoms with Crippen molar-refractivity contribution in [2.75, 3.05) is 37.7 Å². The summed E-state index contributed by atoms with van der Waals surface area (Å²) < 4.78 is 22.4. The molecule has 0 aliphatic carbocycles. The molecule has 90 valence electrons. The van der Waals surface area contributed by atoms with Gasteiger partial charge in [-0.2, -0.15) is 0 Å². The van der Waals surface area contributed by atoms with Crippen molar-refractivity contribution >= 4 is 9.84 Å². The van der Waals surface area contributed by atoms with Gasteiger partial charge in [0.1, 0.15) is 0 Å². The molecular weight excluding hydrogens is 212 g/mol. The average molecular weight is 234 g/mol. The van der Waals surface area contributed by atoms with E-state index in [0.717, 1.165) is 13.1 Å². The molecule has 0 saturated carbocycles. The van der Waals surface area contributed by atoms with E-state index in [4.69, 9.17) is 0 Å². The second-order valence-electron chi connectivity index (χ2n) is 5.17. The van der Waals surface area contributed by atoms with Crippen LogP contribution < -0.4 is 5.32 Å². The Morgan fingerprint density at radius 1 is 1.20 bits per heavy atom. The van der Waals surface area contributed by atoms with E-state index in [0.29, 0.717) is 24.6 Å². The number of hydrogen-bond donors (Lipinski definition) is 1. The predicted octanol–water partition coefficient (Wildman–Crippen LogP) is 0.105. The van der Waals surface area contributed by atoms with E-state index in [9.17, 15) is 8.42 Å². The van der Waals surface area contributed by atoms with Gasteiger partial charge in [-0.1, -0.05) is 0 Å². The van der Waals surface area contributed by atoms with E-state index in [1.807, 2.05) is 0 Å². The average Bonchev–Trinajstić information content (AvgIpc) is 2.06. The number of nitrogens with one attached hydrogen (secondary N) is 1. The Labute approximate surface area is 93.0 Å². The first kappa shape index (κ1) is 12.9. The van der Waals surface area contributed by atoms with E-state index in [1.165, 1.54) is 0 Å². The molecular formula is C10H22N2O2S. The van der Waals surface area contributed by atoms with Crippen molar-refractivity contribution in [1.29, 1.82) is 0 Å². The molecule has 0 atom stereocenters. The second-order valence-corrected chi connectivity index (χ2v) is 7.47. The molecule has 15 heavy (non-hydrogen) atoms. The fourth-order valence-electron chi connectivity index (χ4n) is 1.56. The maximum atomic E-state index is 11.2. The Kier molecular flexibility index (Phi) is 4.14. The Hall–Kier alpha value is -0.130. The van der Waals surface area contributed by atoms with Crippen LogP contribution in [-0.4, -0.2) is 56.5 Å². The third-order valence-corrected chi connectivity index (χ3v) is 4.13. The summed E-state index contributed by atoms with van der Waals surface area (Å²) in [5.41, 5.74) is 0.141. The zero-order chi connectivity index (χ0) is 11.5. The smallest absolute Gasteiger partial charge is 0.152 e. The lowest BCUT2D eigenvalue weighted by Gasteiger charge is -2.28. The van der Waals surface area contributed by atoms with Crippen molar-refractivity contribution in [3.63, 3.8) is 0 Å². The molecule has 0 radical (unpaired) electrons. The minimum atomic E-state index is -2.73. The van der Waals surface area contributed by atoms with Crippen molar-refractivity contribution < 1.29 is 8.42 Å². The van der Waals surface area contributed by atoms with Crippen LogP contribution in [0.5, 0.6) is 0 Å². The van der Waals surface area contributed by atoms with Crippen LogP contribution in [-0.2, 0) is 9.84 Å². The molecule has 0 amide bonds. The Bertz CT molecular complexity index is 279. The van der Waals surface area contributed by atoms with Gasteiger partial charge in [-0.15, -0.1) is 0 Å². The predicted molar refractivity (Wildman–Crippen MR) is 62.8 cm³/mol. The van der Waals surface area contributed by atoms with Crippen LogP contribution in [0.2, 0.25) is 0 Å².